The number of nitrogens with zero attached hydrogens (tertiary/aromatic N) is 4. The van der Waals surface area contributed by atoms with Crippen molar-refractivity contribution in [1.82, 2.24) is 14.9 Å². The van der Waals surface area contributed by atoms with E-state index in [1.54, 1.807) is 0 Å². The van der Waals surface area contributed by atoms with Gasteiger partial charge in [0.1, 0.15) is 11.7 Å². The highest BCUT2D eigenvalue weighted by Crippen LogP contribution is 2.35. The SMILES string of the molecule is COc1cc(C(=O)N2CCCC(Oc3ncc(F)cn3)C2)c([N+](=O)[O-])cc1OC. The summed E-state index contributed by atoms with van der Waals surface area (Å²) in [5, 5.41) is 11.5. The molecule has 0 bridgehead atoms. The maximum Gasteiger partial charge on any atom is 0.316 e. The number of likely N-dealkylation sites (tertiary alicyclic amines) is 1. The number of carbonyl (C=O) groups is 1. The second-order valence-electron chi connectivity index (χ2n) is 6.30. The third-order valence-corrected chi connectivity index (χ3v) is 4.46. The van der Waals surface area contributed by atoms with Gasteiger partial charge in [-0.2, -0.15) is 0 Å². The van der Waals surface area contributed by atoms with Crippen LogP contribution in [0.2, 0.25) is 0 Å². The van der Waals surface area contributed by atoms with Crippen molar-refractivity contribution in [1.29, 1.82) is 0 Å². The number of nitro groups is 1. The van der Waals surface area contributed by atoms with Crippen molar-refractivity contribution >= 4 is 11.6 Å². The van der Waals surface area contributed by atoms with Crippen molar-refractivity contribution in [2.24, 2.45) is 0 Å². The molecular formula is C18H19FN4O6. The molecule has 1 saturated heterocycles. The van der Waals surface area contributed by atoms with Gasteiger partial charge in [0.2, 0.25) is 0 Å². The van der Waals surface area contributed by atoms with Gasteiger partial charge in [-0.05, 0) is 12.8 Å². The Morgan fingerprint density at radius 3 is 2.52 bits per heavy atom. The van der Waals surface area contributed by atoms with Gasteiger partial charge in [-0.25, -0.2) is 14.4 Å². The molecule has 1 aliphatic rings. The molecule has 0 aliphatic carbocycles. The Bertz CT molecular complexity index is 908. The molecule has 0 spiro atoms. The topological polar surface area (TPSA) is 117 Å². The van der Waals surface area contributed by atoms with Gasteiger partial charge in [-0.1, -0.05) is 0 Å². The number of aromatic nitrogens is 2. The Kier molecular flexibility index (Phi) is 6.05. The fourth-order valence-corrected chi connectivity index (χ4v) is 3.09. The Balaban J connectivity index is 1.82. The number of amides is 1. The highest BCUT2D eigenvalue weighted by Gasteiger charge is 2.31. The summed E-state index contributed by atoms with van der Waals surface area (Å²) in [7, 11) is 2.73. The van der Waals surface area contributed by atoms with Gasteiger partial charge in [-0.15, -0.1) is 0 Å². The fourth-order valence-electron chi connectivity index (χ4n) is 3.09. The van der Waals surface area contributed by atoms with Gasteiger partial charge < -0.3 is 19.1 Å². The van der Waals surface area contributed by atoms with E-state index in [1.807, 2.05) is 0 Å². The first-order valence-corrected chi connectivity index (χ1v) is 8.76. The number of hydrogen-bond acceptors (Lipinski definition) is 8. The van der Waals surface area contributed by atoms with Crippen LogP contribution >= 0.6 is 0 Å². The molecule has 2 heterocycles. The minimum absolute atomic E-state index is 0.00259. The summed E-state index contributed by atoms with van der Waals surface area (Å²) in [6, 6.07) is 2.46. The van der Waals surface area contributed by atoms with Gasteiger partial charge in [0.15, 0.2) is 17.3 Å². The lowest BCUT2D eigenvalue weighted by Crippen LogP contribution is -2.44. The quantitative estimate of drug-likeness (QED) is 0.529. The first-order valence-electron chi connectivity index (χ1n) is 8.76. The number of piperidine rings is 1. The van der Waals surface area contributed by atoms with Gasteiger partial charge in [0.25, 0.3) is 11.6 Å². The lowest BCUT2D eigenvalue weighted by Gasteiger charge is -2.32. The average Bonchev–Trinajstić information content (AvgIpc) is 2.74. The molecule has 1 amide bonds. The van der Waals surface area contributed by atoms with Gasteiger partial charge in [0, 0.05) is 12.6 Å². The second kappa shape index (κ2) is 8.67. The van der Waals surface area contributed by atoms with Crippen LogP contribution in [-0.4, -0.2) is 59.1 Å². The van der Waals surface area contributed by atoms with E-state index in [-0.39, 0.29) is 35.3 Å². The van der Waals surface area contributed by atoms with E-state index in [4.69, 9.17) is 14.2 Å². The number of rotatable bonds is 6. The predicted octanol–water partition coefficient (Wildman–Crippen LogP) is 2.22. The number of nitro benzene ring substituents is 1. The lowest BCUT2D eigenvalue weighted by molar-refractivity contribution is -0.385. The summed E-state index contributed by atoms with van der Waals surface area (Å²) in [5.41, 5.74) is -0.483. The maximum atomic E-state index is 13.0. The maximum absolute atomic E-state index is 13.0. The number of halogens is 1. The highest BCUT2D eigenvalue weighted by atomic mass is 19.1. The van der Waals surface area contributed by atoms with Crippen LogP contribution in [0.25, 0.3) is 0 Å². The van der Waals surface area contributed by atoms with Crippen LogP contribution < -0.4 is 14.2 Å². The third-order valence-electron chi connectivity index (χ3n) is 4.46. The summed E-state index contributed by atoms with van der Waals surface area (Å²) in [5.74, 6) is -0.737. The Morgan fingerprint density at radius 2 is 1.90 bits per heavy atom. The largest absolute Gasteiger partial charge is 0.493 e. The summed E-state index contributed by atoms with van der Waals surface area (Å²) in [6.45, 7) is 0.597. The third kappa shape index (κ3) is 4.50. The van der Waals surface area contributed by atoms with E-state index < -0.39 is 22.8 Å². The van der Waals surface area contributed by atoms with Crippen LogP contribution in [0.3, 0.4) is 0 Å². The van der Waals surface area contributed by atoms with E-state index in [2.05, 4.69) is 9.97 Å². The van der Waals surface area contributed by atoms with E-state index in [9.17, 15) is 19.3 Å². The van der Waals surface area contributed by atoms with Crippen LogP contribution in [0, 0.1) is 15.9 Å². The second-order valence-corrected chi connectivity index (χ2v) is 6.30. The van der Waals surface area contributed by atoms with Gasteiger partial charge in [-0.3, -0.25) is 14.9 Å². The molecule has 10 nitrogen and oxygen atoms in total. The molecule has 2 aromatic rings. The number of methoxy groups -OCH3 is 2. The molecule has 3 rings (SSSR count). The molecule has 1 aromatic carbocycles. The monoisotopic (exact) mass is 406 g/mol. The highest BCUT2D eigenvalue weighted by molar-refractivity contribution is 5.99. The molecule has 0 N–H and O–H groups in total. The number of hydrogen-bond donors (Lipinski definition) is 0. The van der Waals surface area contributed by atoms with Crippen molar-refractivity contribution in [3.05, 3.63) is 46.0 Å². The first-order chi connectivity index (χ1) is 13.9. The average molecular weight is 406 g/mol. The number of benzene rings is 1. The zero-order valence-corrected chi connectivity index (χ0v) is 15.8. The zero-order valence-electron chi connectivity index (χ0n) is 15.8. The molecule has 1 aliphatic heterocycles. The summed E-state index contributed by atoms with van der Waals surface area (Å²) in [4.78, 5) is 32.8. The molecular weight excluding hydrogens is 387 g/mol. The molecule has 29 heavy (non-hydrogen) atoms. The van der Waals surface area contributed by atoms with Crippen molar-refractivity contribution in [2.75, 3.05) is 27.3 Å². The summed E-state index contributed by atoms with van der Waals surface area (Å²) < 4.78 is 28.8. The molecule has 1 fully saturated rings. The number of carbonyl (C=O) groups excluding carboxylic acids is 1. The van der Waals surface area contributed by atoms with Crippen LogP contribution in [0.1, 0.15) is 23.2 Å². The molecule has 1 unspecified atom stereocenters. The molecule has 1 atom stereocenters. The molecule has 154 valence electrons. The normalized spacial score (nSPS) is 16.2. The van der Waals surface area contributed by atoms with Crippen LogP contribution in [-0.2, 0) is 0 Å². The summed E-state index contributed by atoms with van der Waals surface area (Å²) in [6.07, 6.45) is 2.82. The molecule has 11 heteroatoms. The molecule has 0 saturated carbocycles. The lowest BCUT2D eigenvalue weighted by atomic mass is 10.1. The van der Waals surface area contributed by atoms with Gasteiger partial charge in [0.05, 0.1) is 44.1 Å². The Morgan fingerprint density at radius 1 is 1.24 bits per heavy atom. The van der Waals surface area contributed by atoms with Crippen molar-refractivity contribution in [3.63, 3.8) is 0 Å². The van der Waals surface area contributed by atoms with Crippen LogP contribution in [0.5, 0.6) is 17.5 Å². The van der Waals surface area contributed by atoms with E-state index in [1.165, 1.54) is 25.2 Å². The minimum Gasteiger partial charge on any atom is -0.493 e. The van der Waals surface area contributed by atoms with Crippen LogP contribution in [0.4, 0.5) is 10.1 Å². The Hall–Kier alpha value is -3.50. The summed E-state index contributed by atoms with van der Waals surface area (Å²) >= 11 is 0. The standard InChI is InChI=1S/C18H19FN4O6/c1-27-15-6-13(14(23(25)26)7-16(15)28-2)17(24)22-5-3-4-12(10-22)29-18-20-8-11(19)9-21-18/h6-9,12H,3-5,10H2,1-2H3. The van der Waals surface area contributed by atoms with E-state index in [0.717, 1.165) is 18.5 Å². The number of ether oxygens (including phenoxy) is 3. The predicted molar refractivity (Wildman–Crippen MR) is 97.7 cm³/mol. The minimum atomic E-state index is -0.639. The van der Waals surface area contributed by atoms with Gasteiger partial charge >= 0.3 is 6.01 Å². The molecule has 1 aromatic heterocycles. The van der Waals surface area contributed by atoms with Crippen molar-refractivity contribution < 1.29 is 28.3 Å². The van der Waals surface area contributed by atoms with E-state index in [0.29, 0.717) is 19.4 Å². The fraction of sp³-hybridized carbons (Fsp3) is 0.389. The van der Waals surface area contributed by atoms with E-state index >= 15 is 0 Å². The van der Waals surface area contributed by atoms with Crippen molar-refractivity contribution in [3.8, 4) is 17.5 Å². The zero-order chi connectivity index (χ0) is 21.0. The molecule has 0 radical (unpaired) electrons. The smallest absolute Gasteiger partial charge is 0.316 e. The first kappa shape index (κ1) is 20.2. The van der Waals surface area contributed by atoms with Crippen molar-refractivity contribution in [2.45, 2.75) is 18.9 Å². The van der Waals surface area contributed by atoms with Crippen LogP contribution in [0.15, 0.2) is 24.5 Å². The Labute approximate surface area is 165 Å².